The zero-order valence-corrected chi connectivity index (χ0v) is 11.3. The van der Waals surface area contributed by atoms with E-state index in [1.54, 1.807) is 0 Å². The third kappa shape index (κ3) is 3.91. The molecule has 1 aromatic carbocycles. The maximum absolute atomic E-state index is 5.82. The lowest BCUT2D eigenvalue weighted by Crippen LogP contribution is -2.15. The van der Waals surface area contributed by atoms with Gasteiger partial charge in [0, 0.05) is 19.1 Å². The zero-order chi connectivity index (χ0) is 12.8. The summed E-state index contributed by atoms with van der Waals surface area (Å²) < 4.78 is 11.2. The number of anilines is 1. The highest BCUT2D eigenvalue weighted by Crippen LogP contribution is 2.25. The van der Waals surface area contributed by atoms with Gasteiger partial charge in [0.1, 0.15) is 5.75 Å². The number of para-hydroxylation sites is 2. The molecule has 0 aromatic heterocycles. The van der Waals surface area contributed by atoms with Gasteiger partial charge in [-0.25, -0.2) is 0 Å². The summed E-state index contributed by atoms with van der Waals surface area (Å²) in [5, 5.41) is 3.47. The van der Waals surface area contributed by atoms with E-state index in [0.717, 1.165) is 44.2 Å². The third-order valence-electron chi connectivity index (χ3n) is 3.06. The van der Waals surface area contributed by atoms with Crippen molar-refractivity contribution in [1.82, 2.24) is 0 Å². The van der Waals surface area contributed by atoms with Gasteiger partial charge in [-0.2, -0.15) is 0 Å². The maximum atomic E-state index is 5.82. The number of benzene rings is 1. The lowest BCUT2D eigenvalue weighted by atomic mass is 10.1. The molecule has 1 fully saturated rings. The molecule has 0 bridgehead atoms. The monoisotopic (exact) mass is 249 g/mol. The van der Waals surface area contributed by atoms with E-state index in [0.29, 0.717) is 11.8 Å². The highest BCUT2D eigenvalue weighted by Gasteiger charge is 2.15. The van der Waals surface area contributed by atoms with Crippen LogP contribution in [0.1, 0.15) is 20.3 Å². The van der Waals surface area contributed by atoms with E-state index in [4.69, 9.17) is 9.47 Å². The highest BCUT2D eigenvalue weighted by molar-refractivity contribution is 5.56. The van der Waals surface area contributed by atoms with Crippen molar-refractivity contribution >= 4 is 5.69 Å². The molecular weight excluding hydrogens is 226 g/mol. The summed E-state index contributed by atoms with van der Waals surface area (Å²) in [4.78, 5) is 0. The largest absolute Gasteiger partial charge is 0.491 e. The highest BCUT2D eigenvalue weighted by atomic mass is 16.5. The van der Waals surface area contributed by atoms with Crippen LogP contribution in [0, 0.1) is 11.8 Å². The summed E-state index contributed by atoms with van der Waals surface area (Å²) in [5.41, 5.74) is 1.09. The molecule has 18 heavy (non-hydrogen) atoms. The summed E-state index contributed by atoms with van der Waals surface area (Å²) in [6.45, 7) is 7.81. The van der Waals surface area contributed by atoms with Gasteiger partial charge in [0.05, 0.1) is 18.9 Å². The molecule has 1 unspecified atom stereocenters. The molecule has 0 aliphatic carbocycles. The van der Waals surface area contributed by atoms with Gasteiger partial charge in [-0.15, -0.1) is 0 Å². The van der Waals surface area contributed by atoms with Crippen LogP contribution in [0.4, 0.5) is 5.69 Å². The van der Waals surface area contributed by atoms with Gasteiger partial charge in [-0.05, 0) is 24.5 Å². The van der Waals surface area contributed by atoms with Crippen LogP contribution >= 0.6 is 0 Å². The Morgan fingerprint density at radius 2 is 2.22 bits per heavy atom. The number of hydrogen-bond donors (Lipinski definition) is 1. The molecular formula is C15H23NO2. The van der Waals surface area contributed by atoms with E-state index in [9.17, 15) is 0 Å². The molecule has 1 N–H and O–H groups in total. The zero-order valence-electron chi connectivity index (χ0n) is 11.3. The van der Waals surface area contributed by atoms with Crippen LogP contribution in [-0.2, 0) is 4.74 Å². The topological polar surface area (TPSA) is 30.5 Å². The minimum atomic E-state index is 0.543. The van der Waals surface area contributed by atoms with Crippen LogP contribution in [0.15, 0.2) is 24.3 Å². The quantitative estimate of drug-likeness (QED) is 0.840. The summed E-state index contributed by atoms with van der Waals surface area (Å²) in [7, 11) is 0. The van der Waals surface area contributed by atoms with E-state index in [-0.39, 0.29) is 0 Å². The Hall–Kier alpha value is -1.22. The second-order valence-corrected chi connectivity index (χ2v) is 5.31. The third-order valence-corrected chi connectivity index (χ3v) is 3.06. The van der Waals surface area contributed by atoms with Gasteiger partial charge in [0.25, 0.3) is 0 Å². The smallest absolute Gasteiger partial charge is 0.142 e. The normalized spacial score (nSPS) is 19.2. The molecule has 2 rings (SSSR count). The van der Waals surface area contributed by atoms with E-state index < -0.39 is 0 Å². The van der Waals surface area contributed by atoms with Gasteiger partial charge in [0.15, 0.2) is 0 Å². The fourth-order valence-corrected chi connectivity index (χ4v) is 1.99. The summed E-state index contributed by atoms with van der Waals surface area (Å²) in [6, 6.07) is 8.15. The Bertz CT molecular complexity index is 359. The molecule has 0 spiro atoms. The fraction of sp³-hybridized carbons (Fsp3) is 0.600. The van der Waals surface area contributed by atoms with E-state index in [2.05, 4.69) is 25.2 Å². The standard InChI is InChI=1S/C15H23NO2/c1-12(2)10-18-15-6-4-3-5-14(15)16-9-13-7-8-17-11-13/h3-6,12-13,16H,7-11H2,1-2H3. The summed E-state index contributed by atoms with van der Waals surface area (Å²) in [5.74, 6) is 2.12. The van der Waals surface area contributed by atoms with Gasteiger partial charge >= 0.3 is 0 Å². The van der Waals surface area contributed by atoms with Crippen molar-refractivity contribution in [3.8, 4) is 5.75 Å². The van der Waals surface area contributed by atoms with Crippen LogP contribution in [-0.4, -0.2) is 26.4 Å². The lowest BCUT2D eigenvalue weighted by molar-refractivity contribution is 0.187. The minimum Gasteiger partial charge on any atom is -0.491 e. The van der Waals surface area contributed by atoms with Crippen molar-refractivity contribution in [1.29, 1.82) is 0 Å². The van der Waals surface area contributed by atoms with Crippen molar-refractivity contribution in [3.05, 3.63) is 24.3 Å². The van der Waals surface area contributed by atoms with Crippen LogP contribution in [0.5, 0.6) is 5.75 Å². The van der Waals surface area contributed by atoms with Crippen molar-refractivity contribution in [3.63, 3.8) is 0 Å². The van der Waals surface area contributed by atoms with Crippen molar-refractivity contribution in [2.45, 2.75) is 20.3 Å². The van der Waals surface area contributed by atoms with Crippen LogP contribution in [0.25, 0.3) is 0 Å². The molecule has 0 amide bonds. The number of nitrogens with one attached hydrogen (secondary N) is 1. The van der Waals surface area contributed by atoms with E-state index in [1.165, 1.54) is 0 Å². The second kappa shape index (κ2) is 6.64. The first-order valence-corrected chi connectivity index (χ1v) is 6.79. The molecule has 1 aliphatic rings. The molecule has 3 heteroatoms. The predicted octanol–water partition coefficient (Wildman–Crippen LogP) is 3.17. The first kappa shape index (κ1) is 13.2. The van der Waals surface area contributed by atoms with Crippen molar-refractivity contribution < 1.29 is 9.47 Å². The maximum Gasteiger partial charge on any atom is 0.142 e. The molecule has 1 aromatic rings. The average Bonchev–Trinajstić information content (AvgIpc) is 2.88. The Morgan fingerprint density at radius 1 is 1.39 bits per heavy atom. The van der Waals surface area contributed by atoms with E-state index in [1.807, 2.05) is 18.2 Å². The number of ether oxygens (including phenoxy) is 2. The number of hydrogen-bond acceptors (Lipinski definition) is 3. The van der Waals surface area contributed by atoms with Crippen LogP contribution in [0.3, 0.4) is 0 Å². The van der Waals surface area contributed by atoms with Crippen LogP contribution < -0.4 is 10.1 Å². The minimum absolute atomic E-state index is 0.543. The Labute approximate surface area is 109 Å². The Kier molecular flexibility index (Phi) is 4.88. The van der Waals surface area contributed by atoms with Crippen molar-refractivity contribution in [2.24, 2.45) is 11.8 Å². The van der Waals surface area contributed by atoms with E-state index >= 15 is 0 Å². The van der Waals surface area contributed by atoms with Crippen LogP contribution in [0.2, 0.25) is 0 Å². The molecule has 1 heterocycles. The van der Waals surface area contributed by atoms with Crippen molar-refractivity contribution in [2.75, 3.05) is 31.7 Å². The van der Waals surface area contributed by atoms with Gasteiger partial charge in [-0.1, -0.05) is 26.0 Å². The first-order valence-electron chi connectivity index (χ1n) is 6.79. The molecule has 1 atom stereocenters. The molecule has 100 valence electrons. The Morgan fingerprint density at radius 3 is 2.94 bits per heavy atom. The molecule has 1 saturated heterocycles. The Balaban J connectivity index is 1.89. The van der Waals surface area contributed by atoms with Gasteiger partial charge in [0.2, 0.25) is 0 Å². The molecule has 1 aliphatic heterocycles. The second-order valence-electron chi connectivity index (χ2n) is 5.31. The predicted molar refractivity (Wildman–Crippen MR) is 74.2 cm³/mol. The summed E-state index contributed by atoms with van der Waals surface area (Å²) >= 11 is 0. The molecule has 0 saturated carbocycles. The summed E-state index contributed by atoms with van der Waals surface area (Å²) in [6.07, 6.45) is 1.15. The fourth-order valence-electron chi connectivity index (χ4n) is 1.99. The molecule has 3 nitrogen and oxygen atoms in total. The lowest BCUT2D eigenvalue weighted by Gasteiger charge is -2.16. The SMILES string of the molecule is CC(C)COc1ccccc1NCC1CCOC1. The number of rotatable bonds is 6. The molecule has 0 radical (unpaired) electrons. The first-order chi connectivity index (χ1) is 8.75. The van der Waals surface area contributed by atoms with Gasteiger partial charge < -0.3 is 14.8 Å². The average molecular weight is 249 g/mol. The van der Waals surface area contributed by atoms with Gasteiger partial charge in [-0.3, -0.25) is 0 Å².